The first-order valence-electron chi connectivity index (χ1n) is 6.99. The Morgan fingerprint density at radius 1 is 1.05 bits per heavy atom. The third kappa shape index (κ3) is 3.91. The van der Waals surface area contributed by atoms with Gasteiger partial charge in [0.25, 0.3) is 0 Å². The standard InChI is InChI=1S/C17H19Cl2NO/c1-3-21-17-10-5-4-7-12(17)16(20-2)11-13-14(18)8-6-9-15(13)19/h4-10,16,20H,3,11H2,1-2H3. The lowest BCUT2D eigenvalue weighted by Gasteiger charge is -2.21. The summed E-state index contributed by atoms with van der Waals surface area (Å²) in [5, 5.41) is 4.71. The molecule has 2 rings (SSSR count). The van der Waals surface area contributed by atoms with Crippen LogP contribution in [0.15, 0.2) is 42.5 Å². The van der Waals surface area contributed by atoms with Gasteiger partial charge >= 0.3 is 0 Å². The summed E-state index contributed by atoms with van der Waals surface area (Å²) in [4.78, 5) is 0. The zero-order valence-electron chi connectivity index (χ0n) is 12.2. The van der Waals surface area contributed by atoms with Crippen molar-refractivity contribution in [1.29, 1.82) is 0 Å². The fourth-order valence-electron chi connectivity index (χ4n) is 2.35. The lowest BCUT2D eigenvalue weighted by atomic mass is 9.98. The molecule has 0 heterocycles. The summed E-state index contributed by atoms with van der Waals surface area (Å²) in [6.07, 6.45) is 0.707. The van der Waals surface area contributed by atoms with Gasteiger partial charge in [-0.15, -0.1) is 0 Å². The van der Waals surface area contributed by atoms with Crippen molar-refractivity contribution in [3.63, 3.8) is 0 Å². The minimum atomic E-state index is 0.0881. The van der Waals surface area contributed by atoms with E-state index in [1.165, 1.54) is 0 Å². The molecule has 2 aromatic rings. The molecule has 1 N–H and O–H groups in total. The molecule has 0 aliphatic heterocycles. The molecule has 2 aromatic carbocycles. The quantitative estimate of drug-likeness (QED) is 0.816. The van der Waals surface area contributed by atoms with E-state index in [0.29, 0.717) is 23.1 Å². The van der Waals surface area contributed by atoms with E-state index in [4.69, 9.17) is 27.9 Å². The van der Waals surface area contributed by atoms with Crippen LogP contribution in [0.2, 0.25) is 10.0 Å². The normalized spacial score (nSPS) is 12.2. The average Bonchev–Trinajstić information content (AvgIpc) is 2.48. The van der Waals surface area contributed by atoms with Crippen molar-refractivity contribution >= 4 is 23.2 Å². The predicted molar refractivity (Wildman–Crippen MR) is 89.6 cm³/mol. The van der Waals surface area contributed by atoms with E-state index in [0.717, 1.165) is 16.9 Å². The smallest absolute Gasteiger partial charge is 0.124 e. The summed E-state index contributed by atoms with van der Waals surface area (Å²) >= 11 is 12.6. The molecule has 4 heteroatoms. The van der Waals surface area contributed by atoms with Gasteiger partial charge in [-0.1, -0.05) is 47.5 Å². The summed E-state index contributed by atoms with van der Waals surface area (Å²) in [5.74, 6) is 0.891. The lowest BCUT2D eigenvalue weighted by molar-refractivity contribution is 0.332. The highest BCUT2D eigenvalue weighted by Gasteiger charge is 2.17. The molecule has 0 aromatic heterocycles. The molecular weight excluding hydrogens is 305 g/mol. The van der Waals surface area contributed by atoms with E-state index < -0.39 is 0 Å². The molecule has 21 heavy (non-hydrogen) atoms. The first kappa shape index (κ1) is 16.2. The first-order valence-corrected chi connectivity index (χ1v) is 7.74. The number of ether oxygens (including phenoxy) is 1. The molecule has 2 nitrogen and oxygen atoms in total. The number of likely N-dealkylation sites (N-methyl/N-ethyl adjacent to an activating group) is 1. The number of halogens is 2. The Morgan fingerprint density at radius 3 is 2.33 bits per heavy atom. The molecule has 1 atom stereocenters. The molecule has 0 radical (unpaired) electrons. The van der Waals surface area contributed by atoms with Gasteiger partial charge in [0, 0.05) is 21.7 Å². The van der Waals surface area contributed by atoms with E-state index >= 15 is 0 Å². The Morgan fingerprint density at radius 2 is 1.71 bits per heavy atom. The topological polar surface area (TPSA) is 21.3 Å². The van der Waals surface area contributed by atoms with Gasteiger partial charge in [0.1, 0.15) is 5.75 Å². The number of rotatable bonds is 6. The fourth-order valence-corrected chi connectivity index (χ4v) is 2.91. The highest BCUT2D eigenvalue weighted by molar-refractivity contribution is 6.36. The van der Waals surface area contributed by atoms with E-state index in [1.807, 2.05) is 50.4 Å². The summed E-state index contributed by atoms with van der Waals surface area (Å²) in [5.41, 5.74) is 2.06. The van der Waals surface area contributed by atoms with Crippen molar-refractivity contribution in [2.75, 3.05) is 13.7 Å². The van der Waals surface area contributed by atoms with Crippen LogP contribution in [0.3, 0.4) is 0 Å². The molecule has 0 fully saturated rings. The van der Waals surface area contributed by atoms with Crippen LogP contribution in [0.4, 0.5) is 0 Å². The molecular formula is C17H19Cl2NO. The highest BCUT2D eigenvalue weighted by Crippen LogP contribution is 2.32. The van der Waals surface area contributed by atoms with Gasteiger partial charge in [-0.3, -0.25) is 0 Å². The van der Waals surface area contributed by atoms with E-state index in [1.54, 1.807) is 0 Å². The van der Waals surface area contributed by atoms with Crippen LogP contribution >= 0.6 is 23.2 Å². The summed E-state index contributed by atoms with van der Waals surface area (Å²) in [6.45, 7) is 2.62. The molecule has 0 amide bonds. The number of para-hydroxylation sites is 1. The Kier molecular flexibility index (Phi) is 5.92. The van der Waals surface area contributed by atoms with Gasteiger partial charge in [0.15, 0.2) is 0 Å². The molecule has 0 saturated heterocycles. The molecule has 0 bridgehead atoms. The van der Waals surface area contributed by atoms with Crippen LogP contribution in [0.25, 0.3) is 0 Å². The van der Waals surface area contributed by atoms with Crippen LogP contribution < -0.4 is 10.1 Å². The monoisotopic (exact) mass is 323 g/mol. The second-order valence-electron chi connectivity index (χ2n) is 4.72. The van der Waals surface area contributed by atoms with Crippen molar-refractivity contribution in [2.45, 2.75) is 19.4 Å². The Labute approximate surface area is 136 Å². The molecule has 1 unspecified atom stereocenters. The van der Waals surface area contributed by atoms with Crippen molar-refractivity contribution in [2.24, 2.45) is 0 Å². The Hall–Kier alpha value is -1.22. The van der Waals surface area contributed by atoms with Crippen LogP contribution in [0, 0.1) is 0 Å². The maximum Gasteiger partial charge on any atom is 0.124 e. The van der Waals surface area contributed by atoms with Gasteiger partial charge in [-0.05, 0) is 44.2 Å². The van der Waals surface area contributed by atoms with Crippen LogP contribution in [-0.4, -0.2) is 13.7 Å². The minimum Gasteiger partial charge on any atom is -0.494 e. The van der Waals surface area contributed by atoms with Crippen molar-refractivity contribution in [3.8, 4) is 5.75 Å². The van der Waals surface area contributed by atoms with Gasteiger partial charge in [-0.25, -0.2) is 0 Å². The number of hydrogen-bond acceptors (Lipinski definition) is 2. The molecule has 112 valence electrons. The second kappa shape index (κ2) is 7.69. The fraction of sp³-hybridized carbons (Fsp3) is 0.294. The second-order valence-corrected chi connectivity index (χ2v) is 5.53. The van der Waals surface area contributed by atoms with Crippen LogP contribution in [-0.2, 0) is 6.42 Å². The van der Waals surface area contributed by atoms with Gasteiger partial charge in [-0.2, -0.15) is 0 Å². The Bertz CT molecular complexity index is 581. The van der Waals surface area contributed by atoms with E-state index in [2.05, 4.69) is 11.4 Å². The average molecular weight is 324 g/mol. The summed E-state index contributed by atoms with van der Waals surface area (Å²) in [6, 6.07) is 13.7. The number of benzene rings is 2. The van der Waals surface area contributed by atoms with Crippen LogP contribution in [0.1, 0.15) is 24.1 Å². The van der Waals surface area contributed by atoms with Gasteiger partial charge in [0.05, 0.1) is 6.61 Å². The van der Waals surface area contributed by atoms with Crippen LogP contribution in [0.5, 0.6) is 5.75 Å². The van der Waals surface area contributed by atoms with E-state index in [-0.39, 0.29) is 6.04 Å². The maximum absolute atomic E-state index is 6.28. The number of hydrogen-bond donors (Lipinski definition) is 1. The van der Waals surface area contributed by atoms with Crippen molar-refractivity contribution < 1.29 is 4.74 Å². The third-order valence-electron chi connectivity index (χ3n) is 3.41. The third-order valence-corrected chi connectivity index (χ3v) is 4.12. The molecule has 0 saturated carbocycles. The zero-order valence-corrected chi connectivity index (χ0v) is 13.7. The van der Waals surface area contributed by atoms with Crippen molar-refractivity contribution in [3.05, 3.63) is 63.6 Å². The maximum atomic E-state index is 6.28. The summed E-state index contributed by atoms with van der Waals surface area (Å²) < 4.78 is 5.71. The lowest BCUT2D eigenvalue weighted by Crippen LogP contribution is -2.20. The molecule has 0 spiro atoms. The zero-order chi connectivity index (χ0) is 15.2. The van der Waals surface area contributed by atoms with Gasteiger partial charge < -0.3 is 10.1 Å². The van der Waals surface area contributed by atoms with E-state index in [9.17, 15) is 0 Å². The SMILES string of the molecule is CCOc1ccccc1C(Cc1c(Cl)cccc1Cl)NC. The minimum absolute atomic E-state index is 0.0881. The number of nitrogens with one attached hydrogen (secondary N) is 1. The summed E-state index contributed by atoms with van der Waals surface area (Å²) in [7, 11) is 1.93. The molecule has 0 aliphatic carbocycles. The van der Waals surface area contributed by atoms with Crippen molar-refractivity contribution in [1.82, 2.24) is 5.32 Å². The van der Waals surface area contributed by atoms with Gasteiger partial charge in [0.2, 0.25) is 0 Å². The Balaban J connectivity index is 2.32. The largest absolute Gasteiger partial charge is 0.494 e. The first-order chi connectivity index (χ1) is 10.2. The highest BCUT2D eigenvalue weighted by atomic mass is 35.5. The molecule has 0 aliphatic rings. The predicted octanol–water partition coefficient (Wildman–Crippen LogP) is 4.90.